The molecule has 1 unspecified atom stereocenters. The van der Waals surface area contributed by atoms with Gasteiger partial charge in [0, 0.05) is 11.6 Å². The molecule has 1 fully saturated rings. The van der Waals surface area contributed by atoms with Crippen LogP contribution in [0, 0.1) is 0 Å². The summed E-state index contributed by atoms with van der Waals surface area (Å²) in [6.07, 6.45) is 1.74. The zero-order chi connectivity index (χ0) is 17.3. The topological polar surface area (TPSA) is 38.3 Å². The standard InChI is InChI=1S/C17H25F2NO2S/c1-12(20-23(21)16(2,3)4)13-6-5-7-14(10-13)17(18,19)11-22-15-8-9-15/h5-7,10,12,15,20H,8-9,11H2,1-4H3/t12-,23?/m1/s1. The van der Waals surface area contributed by atoms with E-state index < -0.39 is 28.3 Å². The van der Waals surface area contributed by atoms with E-state index in [0.29, 0.717) is 5.56 Å². The van der Waals surface area contributed by atoms with Crippen molar-refractivity contribution in [3.63, 3.8) is 0 Å². The number of hydrogen-bond acceptors (Lipinski definition) is 2. The number of ether oxygens (including phenoxy) is 1. The van der Waals surface area contributed by atoms with Crippen LogP contribution in [0.4, 0.5) is 8.78 Å². The lowest BCUT2D eigenvalue weighted by atomic mass is 10.0. The van der Waals surface area contributed by atoms with E-state index in [4.69, 9.17) is 4.74 Å². The van der Waals surface area contributed by atoms with Crippen LogP contribution < -0.4 is 4.72 Å². The van der Waals surface area contributed by atoms with Crippen molar-refractivity contribution in [1.29, 1.82) is 0 Å². The van der Waals surface area contributed by atoms with Crippen LogP contribution in [0.15, 0.2) is 24.3 Å². The number of benzene rings is 1. The Balaban J connectivity index is 2.07. The Morgan fingerprint density at radius 3 is 2.57 bits per heavy atom. The highest BCUT2D eigenvalue weighted by atomic mass is 32.2. The van der Waals surface area contributed by atoms with Crippen LogP contribution in [0.3, 0.4) is 0 Å². The first-order valence-corrected chi connectivity index (χ1v) is 9.02. The Morgan fingerprint density at radius 1 is 1.35 bits per heavy atom. The second-order valence-corrected chi connectivity index (χ2v) is 9.06. The van der Waals surface area contributed by atoms with Gasteiger partial charge in [0.05, 0.1) is 21.8 Å². The van der Waals surface area contributed by atoms with Gasteiger partial charge in [0.25, 0.3) is 5.92 Å². The third kappa shape index (κ3) is 5.33. The highest BCUT2D eigenvalue weighted by molar-refractivity contribution is 7.84. The van der Waals surface area contributed by atoms with E-state index in [-0.39, 0.29) is 17.7 Å². The van der Waals surface area contributed by atoms with Gasteiger partial charge in [-0.05, 0) is 52.2 Å². The Bertz CT molecular complexity index is 568. The first-order valence-electron chi connectivity index (χ1n) is 7.87. The summed E-state index contributed by atoms with van der Waals surface area (Å²) in [5.74, 6) is -3.01. The minimum absolute atomic E-state index is 0.00106. The SMILES string of the molecule is C[C@@H](NS(=O)C(C)(C)C)c1cccc(C(F)(F)COC2CC2)c1. The maximum Gasteiger partial charge on any atom is 0.296 e. The van der Waals surface area contributed by atoms with Gasteiger partial charge in [0.1, 0.15) is 6.61 Å². The van der Waals surface area contributed by atoms with Crippen LogP contribution in [0.25, 0.3) is 0 Å². The van der Waals surface area contributed by atoms with Crippen LogP contribution in [0.1, 0.15) is 57.7 Å². The molecule has 0 aromatic heterocycles. The monoisotopic (exact) mass is 345 g/mol. The van der Waals surface area contributed by atoms with Gasteiger partial charge in [-0.25, -0.2) is 8.93 Å². The normalized spacial score (nSPS) is 18.7. The lowest BCUT2D eigenvalue weighted by molar-refractivity contribution is -0.0873. The number of halogens is 2. The summed E-state index contributed by atoms with van der Waals surface area (Å²) in [7, 11) is -1.26. The summed E-state index contributed by atoms with van der Waals surface area (Å²) in [5.41, 5.74) is 0.622. The number of alkyl halides is 2. The van der Waals surface area contributed by atoms with Crippen molar-refractivity contribution in [2.45, 2.75) is 63.4 Å². The maximum atomic E-state index is 14.2. The fourth-order valence-corrected chi connectivity index (χ4v) is 2.79. The molecule has 0 amide bonds. The van der Waals surface area contributed by atoms with Crippen molar-refractivity contribution < 1.29 is 17.7 Å². The van der Waals surface area contributed by atoms with Gasteiger partial charge in [-0.2, -0.15) is 8.78 Å². The molecule has 3 nitrogen and oxygen atoms in total. The molecule has 1 aliphatic carbocycles. The molecule has 6 heteroatoms. The molecule has 0 bridgehead atoms. The van der Waals surface area contributed by atoms with Crippen molar-refractivity contribution in [1.82, 2.24) is 4.72 Å². The smallest absolute Gasteiger partial charge is 0.296 e. The first-order chi connectivity index (χ1) is 10.6. The lowest BCUT2D eigenvalue weighted by Gasteiger charge is -2.23. The fourth-order valence-electron chi connectivity index (χ4n) is 1.98. The van der Waals surface area contributed by atoms with Crippen molar-refractivity contribution >= 4 is 11.0 Å². The first kappa shape index (κ1) is 18.5. The van der Waals surface area contributed by atoms with E-state index in [1.807, 2.05) is 27.7 Å². The Kier molecular flexibility index (Phi) is 5.59. The molecule has 130 valence electrons. The summed E-state index contributed by atoms with van der Waals surface area (Å²) in [6, 6.07) is 5.96. The molecule has 1 saturated carbocycles. The summed E-state index contributed by atoms with van der Waals surface area (Å²) >= 11 is 0. The minimum Gasteiger partial charge on any atom is -0.372 e. The highest BCUT2D eigenvalue weighted by Crippen LogP contribution is 2.33. The lowest BCUT2D eigenvalue weighted by Crippen LogP contribution is -2.35. The zero-order valence-corrected chi connectivity index (χ0v) is 14.9. The van der Waals surface area contributed by atoms with Crippen LogP contribution >= 0.6 is 0 Å². The van der Waals surface area contributed by atoms with E-state index in [1.54, 1.807) is 12.1 Å². The Morgan fingerprint density at radius 2 is 2.00 bits per heavy atom. The molecule has 1 N–H and O–H groups in total. The van der Waals surface area contributed by atoms with E-state index in [0.717, 1.165) is 12.8 Å². The summed E-state index contributed by atoms with van der Waals surface area (Å²) in [4.78, 5) is 0. The Labute approximate surface area is 139 Å². The molecule has 1 aromatic rings. The summed E-state index contributed by atoms with van der Waals surface area (Å²) in [6.45, 7) is 6.83. The third-order valence-corrected chi connectivity index (χ3v) is 5.35. The fraction of sp³-hybridized carbons (Fsp3) is 0.647. The largest absolute Gasteiger partial charge is 0.372 e. The second-order valence-electron chi connectivity index (χ2n) is 7.06. The van der Waals surface area contributed by atoms with Crippen LogP contribution in [-0.4, -0.2) is 21.7 Å². The summed E-state index contributed by atoms with van der Waals surface area (Å²) < 4.78 is 48.3. The quantitative estimate of drug-likeness (QED) is 0.809. The van der Waals surface area contributed by atoms with Crippen LogP contribution in [0.5, 0.6) is 0 Å². The number of rotatable bonds is 7. The molecule has 0 radical (unpaired) electrons. The molecule has 23 heavy (non-hydrogen) atoms. The Hall–Kier alpha value is -0.850. The molecule has 1 aromatic carbocycles. The van der Waals surface area contributed by atoms with E-state index in [9.17, 15) is 13.0 Å². The highest BCUT2D eigenvalue weighted by Gasteiger charge is 2.35. The molecular weight excluding hydrogens is 320 g/mol. The molecule has 1 aliphatic rings. The number of nitrogens with one attached hydrogen (secondary N) is 1. The van der Waals surface area contributed by atoms with Gasteiger partial charge in [-0.15, -0.1) is 0 Å². The van der Waals surface area contributed by atoms with Crippen molar-refractivity contribution in [3.05, 3.63) is 35.4 Å². The molecule has 0 saturated heterocycles. The van der Waals surface area contributed by atoms with Gasteiger partial charge in [0.2, 0.25) is 0 Å². The maximum absolute atomic E-state index is 14.2. The van der Waals surface area contributed by atoms with Gasteiger partial charge < -0.3 is 4.74 Å². The summed E-state index contributed by atoms with van der Waals surface area (Å²) in [5, 5.41) is 0. The van der Waals surface area contributed by atoms with Gasteiger partial charge in [0.15, 0.2) is 0 Å². The number of hydrogen-bond donors (Lipinski definition) is 1. The van der Waals surface area contributed by atoms with Crippen LogP contribution in [0.2, 0.25) is 0 Å². The van der Waals surface area contributed by atoms with E-state index in [2.05, 4.69) is 4.72 Å². The third-order valence-electron chi connectivity index (χ3n) is 3.67. The van der Waals surface area contributed by atoms with Gasteiger partial charge in [-0.3, -0.25) is 0 Å². The van der Waals surface area contributed by atoms with E-state index in [1.165, 1.54) is 12.1 Å². The predicted octanol–water partition coefficient (Wildman–Crippen LogP) is 4.07. The second kappa shape index (κ2) is 6.95. The van der Waals surface area contributed by atoms with Gasteiger partial charge in [-0.1, -0.05) is 18.2 Å². The van der Waals surface area contributed by atoms with Crippen LogP contribution in [-0.2, 0) is 21.6 Å². The minimum atomic E-state index is -3.01. The molecule has 0 heterocycles. The van der Waals surface area contributed by atoms with E-state index >= 15 is 0 Å². The molecule has 0 spiro atoms. The van der Waals surface area contributed by atoms with Gasteiger partial charge >= 0.3 is 0 Å². The predicted molar refractivity (Wildman–Crippen MR) is 88.8 cm³/mol. The zero-order valence-electron chi connectivity index (χ0n) is 14.1. The van der Waals surface area contributed by atoms with Crippen molar-refractivity contribution in [2.24, 2.45) is 0 Å². The van der Waals surface area contributed by atoms with Crippen molar-refractivity contribution in [2.75, 3.05) is 6.61 Å². The molecular formula is C17H25F2NO2S. The van der Waals surface area contributed by atoms with Crippen molar-refractivity contribution in [3.8, 4) is 0 Å². The molecule has 2 rings (SSSR count). The average Bonchev–Trinajstić information content (AvgIpc) is 3.28. The molecule has 0 aliphatic heterocycles. The molecule has 2 atom stereocenters. The average molecular weight is 345 g/mol.